The first-order valence-corrected chi connectivity index (χ1v) is 10.1. The quantitative estimate of drug-likeness (QED) is 0.524. The lowest BCUT2D eigenvalue weighted by Crippen LogP contribution is -2.16. The Morgan fingerprint density at radius 1 is 1.13 bits per heavy atom. The maximum absolute atomic E-state index is 13.7. The number of hydrogen-bond acceptors (Lipinski definition) is 5. The molecular formula is C20H19F3N4O2S. The van der Waals surface area contributed by atoms with Gasteiger partial charge in [0.15, 0.2) is 17.1 Å². The van der Waals surface area contributed by atoms with Gasteiger partial charge in [0.25, 0.3) is 0 Å². The summed E-state index contributed by atoms with van der Waals surface area (Å²) in [4.78, 5) is 12.1. The fourth-order valence-electron chi connectivity index (χ4n) is 2.68. The Morgan fingerprint density at radius 3 is 2.50 bits per heavy atom. The van der Waals surface area contributed by atoms with E-state index in [1.165, 1.54) is 24.3 Å². The van der Waals surface area contributed by atoms with Gasteiger partial charge in [-0.3, -0.25) is 4.79 Å². The largest absolute Gasteiger partial charge is 0.483 e. The van der Waals surface area contributed by atoms with E-state index in [0.717, 1.165) is 23.9 Å². The molecule has 1 unspecified atom stereocenters. The Morgan fingerprint density at radius 2 is 1.83 bits per heavy atom. The van der Waals surface area contributed by atoms with Crippen molar-refractivity contribution in [2.45, 2.75) is 31.7 Å². The molecule has 2 aromatic carbocycles. The predicted octanol–water partition coefficient (Wildman–Crippen LogP) is 4.59. The summed E-state index contributed by atoms with van der Waals surface area (Å²) in [6.45, 7) is 4.23. The van der Waals surface area contributed by atoms with E-state index >= 15 is 0 Å². The van der Waals surface area contributed by atoms with Gasteiger partial charge in [-0.15, -0.1) is 10.2 Å². The minimum atomic E-state index is -0.848. The smallest absolute Gasteiger partial charge is 0.234 e. The van der Waals surface area contributed by atoms with Crippen LogP contribution in [-0.4, -0.2) is 26.4 Å². The van der Waals surface area contributed by atoms with E-state index in [1.54, 1.807) is 11.5 Å². The summed E-state index contributed by atoms with van der Waals surface area (Å²) in [6.07, 6.45) is -0.459. The monoisotopic (exact) mass is 436 g/mol. The molecule has 0 aliphatic rings. The Bertz CT molecular complexity index is 1030. The highest BCUT2D eigenvalue weighted by Gasteiger charge is 2.20. The molecule has 3 aromatic rings. The number of amides is 1. The molecule has 0 spiro atoms. The third-order valence-corrected chi connectivity index (χ3v) is 5.06. The lowest BCUT2D eigenvalue weighted by atomic mass is 10.3. The molecule has 10 heteroatoms. The molecule has 1 atom stereocenters. The molecule has 0 radical (unpaired) electrons. The highest BCUT2D eigenvalue weighted by Crippen LogP contribution is 2.25. The van der Waals surface area contributed by atoms with Crippen molar-refractivity contribution in [1.29, 1.82) is 0 Å². The number of carbonyl (C=O) groups excluding carboxylic acids is 1. The molecule has 158 valence electrons. The number of ether oxygens (including phenoxy) is 1. The van der Waals surface area contributed by atoms with Gasteiger partial charge in [-0.05, 0) is 50.2 Å². The minimum Gasteiger partial charge on any atom is -0.483 e. The predicted molar refractivity (Wildman–Crippen MR) is 107 cm³/mol. The van der Waals surface area contributed by atoms with Crippen LogP contribution in [0.3, 0.4) is 0 Å². The van der Waals surface area contributed by atoms with Crippen LogP contribution in [0.2, 0.25) is 0 Å². The van der Waals surface area contributed by atoms with Crippen molar-refractivity contribution >= 4 is 23.4 Å². The lowest BCUT2D eigenvalue weighted by Gasteiger charge is -2.15. The van der Waals surface area contributed by atoms with Crippen molar-refractivity contribution in [2.75, 3.05) is 11.1 Å². The van der Waals surface area contributed by atoms with Crippen LogP contribution in [0.1, 0.15) is 25.8 Å². The van der Waals surface area contributed by atoms with Crippen LogP contribution in [0, 0.1) is 17.5 Å². The fraction of sp³-hybridized carbons (Fsp3) is 0.250. The molecular weight excluding hydrogens is 417 g/mol. The van der Waals surface area contributed by atoms with Crippen molar-refractivity contribution < 1.29 is 22.7 Å². The Hall–Kier alpha value is -3.01. The van der Waals surface area contributed by atoms with E-state index in [2.05, 4.69) is 15.5 Å². The zero-order chi connectivity index (χ0) is 21.7. The highest BCUT2D eigenvalue weighted by atomic mass is 32.2. The van der Waals surface area contributed by atoms with E-state index in [1.807, 2.05) is 6.92 Å². The van der Waals surface area contributed by atoms with Crippen molar-refractivity contribution in [3.63, 3.8) is 0 Å². The number of carbonyl (C=O) groups is 1. The summed E-state index contributed by atoms with van der Waals surface area (Å²) in [5, 5.41) is 11.1. The first-order valence-electron chi connectivity index (χ1n) is 9.10. The molecule has 1 amide bonds. The average Bonchev–Trinajstić information content (AvgIpc) is 3.13. The average molecular weight is 436 g/mol. The second-order valence-corrected chi connectivity index (χ2v) is 7.20. The van der Waals surface area contributed by atoms with E-state index in [-0.39, 0.29) is 17.3 Å². The highest BCUT2D eigenvalue weighted by molar-refractivity contribution is 7.99. The molecule has 6 nitrogen and oxygen atoms in total. The summed E-state index contributed by atoms with van der Waals surface area (Å²) in [7, 11) is 0. The van der Waals surface area contributed by atoms with Crippen LogP contribution in [0.4, 0.5) is 18.9 Å². The number of nitrogens with one attached hydrogen (secondary N) is 1. The lowest BCUT2D eigenvalue weighted by molar-refractivity contribution is -0.113. The number of benzene rings is 2. The number of thioether (sulfide) groups is 1. The summed E-state index contributed by atoms with van der Waals surface area (Å²) >= 11 is 1.13. The maximum Gasteiger partial charge on any atom is 0.234 e. The number of halogens is 3. The molecule has 1 N–H and O–H groups in total. The SMILES string of the molecule is CCn1c(SCC(=O)Nc2ccc(F)cc2F)nnc1C(C)Oc1ccc(F)cc1. The van der Waals surface area contributed by atoms with Crippen LogP contribution in [0.5, 0.6) is 5.75 Å². The van der Waals surface area contributed by atoms with Crippen molar-refractivity contribution in [2.24, 2.45) is 0 Å². The van der Waals surface area contributed by atoms with E-state index in [0.29, 0.717) is 29.3 Å². The molecule has 0 saturated heterocycles. The number of anilines is 1. The normalized spacial score (nSPS) is 11.9. The number of rotatable bonds is 8. The third kappa shape index (κ3) is 5.32. The van der Waals surface area contributed by atoms with E-state index in [4.69, 9.17) is 4.74 Å². The second-order valence-electron chi connectivity index (χ2n) is 6.26. The van der Waals surface area contributed by atoms with Crippen LogP contribution >= 0.6 is 11.8 Å². The standard InChI is InChI=1S/C20H19F3N4O2S/c1-3-27-19(12(2)29-15-7-4-13(21)5-8-15)25-26-20(27)30-11-18(28)24-17-9-6-14(22)10-16(17)23/h4-10,12H,3,11H2,1-2H3,(H,24,28). The molecule has 0 bridgehead atoms. The zero-order valence-corrected chi connectivity index (χ0v) is 17.0. The second kappa shape index (κ2) is 9.66. The van der Waals surface area contributed by atoms with Crippen LogP contribution in [0.25, 0.3) is 0 Å². The van der Waals surface area contributed by atoms with Gasteiger partial charge in [-0.2, -0.15) is 0 Å². The van der Waals surface area contributed by atoms with Crippen molar-refractivity contribution in [1.82, 2.24) is 14.8 Å². The topological polar surface area (TPSA) is 69.0 Å². The fourth-order valence-corrected chi connectivity index (χ4v) is 3.49. The molecule has 30 heavy (non-hydrogen) atoms. The minimum absolute atomic E-state index is 0.0395. The van der Waals surface area contributed by atoms with Crippen LogP contribution in [-0.2, 0) is 11.3 Å². The van der Waals surface area contributed by atoms with Gasteiger partial charge in [0, 0.05) is 12.6 Å². The number of hydrogen-bond donors (Lipinski definition) is 1. The third-order valence-electron chi connectivity index (χ3n) is 4.09. The first-order chi connectivity index (χ1) is 14.4. The van der Waals surface area contributed by atoms with Gasteiger partial charge in [-0.25, -0.2) is 13.2 Å². The molecule has 0 aliphatic carbocycles. The van der Waals surface area contributed by atoms with Gasteiger partial charge >= 0.3 is 0 Å². The maximum atomic E-state index is 13.7. The van der Waals surface area contributed by atoms with Gasteiger partial charge in [0.05, 0.1) is 11.4 Å². The molecule has 0 aliphatic heterocycles. The Balaban J connectivity index is 1.63. The summed E-state index contributed by atoms with van der Waals surface area (Å²) in [5.74, 6) is -1.39. The zero-order valence-electron chi connectivity index (χ0n) is 16.2. The number of nitrogens with zero attached hydrogens (tertiary/aromatic N) is 3. The summed E-state index contributed by atoms with van der Waals surface area (Å²) < 4.78 is 47.2. The summed E-state index contributed by atoms with van der Waals surface area (Å²) in [6, 6.07) is 8.57. The van der Waals surface area contributed by atoms with Crippen LogP contribution < -0.4 is 10.1 Å². The van der Waals surface area contributed by atoms with Gasteiger partial charge in [0.1, 0.15) is 23.2 Å². The summed E-state index contributed by atoms with van der Waals surface area (Å²) in [5.41, 5.74) is -0.0963. The number of aromatic nitrogens is 3. The van der Waals surface area contributed by atoms with Gasteiger partial charge in [0.2, 0.25) is 5.91 Å². The van der Waals surface area contributed by atoms with Crippen molar-refractivity contribution in [3.8, 4) is 5.75 Å². The van der Waals surface area contributed by atoms with Gasteiger partial charge in [-0.1, -0.05) is 11.8 Å². The van der Waals surface area contributed by atoms with Gasteiger partial charge < -0.3 is 14.6 Å². The Labute approximate surface area is 175 Å². The van der Waals surface area contributed by atoms with E-state index in [9.17, 15) is 18.0 Å². The molecule has 1 aromatic heterocycles. The molecule has 0 fully saturated rings. The first kappa shape index (κ1) is 21.7. The Kier molecular flexibility index (Phi) is 6.99. The molecule has 1 heterocycles. The van der Waals surface area contributed by atoms with Crippen LogP contribution in [0.15, 0.2) is 47.6 Å². The molecule has 0 saturated carbocycles. The van der Waals surface area contributed by atoms with E-state index < -0.39 is 23.6 Å². The molecule has 3 rings (SSSR count). The van der Waals surface area contributed by atoms with Crippen molar-refractivity contribution in [3.05, 3.63) is 65.7 Å².